The summed E-state index contributed by atoms with van der Waals surface area (Å²) in [6.07, 6.45) is -4.62. The maximum Gasteiger partial charge on any atom is 0.416 e. The maximum atomic E-state index is 13.1. The van der Waals surface area contributed by atoms with Crippen molar-refractivity contribution in [2.75, 3.05) is 17.5 Å². The number of hydrogen-bond donors (Lipinski definition) is 0. The van der Waals surface area contributed by atoms with Crippen molar-refractivity contribution in [1.29, 1.82) is 0 Å². The lowest BCUT2D eigenvalue weighted by molar-refractivity contribution is -0.141. The standard InChI is InChI=1S/C17H15F4NO4S/c1-2-26-16(23)11-22(14-7-5-13(18)6-8-14)27(24,25)15-9-3-12(4-10-15)17(19,20)21/h3-10H,2,11H2,1H3. The molecular weight excluding hydrogens is 390 g/mol. The van der Waals surface area contributed by atoms with Crippen LogP contribution in [0.5, 0.6) is 0 Å². The summed E-state index contributed by atoms with van der Waals surface area (Å²) in [6.45, 7) is 0.823. The number of sulfonamides is 1. The second kappa shape index (κ2) is 7.95. The lowest BCUT2D eigenvalue weighted by Crippen LogP contribution is -2.36. The Kier molecular flexibility index (Phi) is 6.09. The van der Waals surface area contributed by atoms with Gasteiger partial charge in [-0.05, 0) is 55.5 Å². The van der Waals surface area contributed by atoms with Crippen LogP contribution in [0.1, 0.15) is 12.5 Å². The zero-order valence-electron chi connectivity index (χ0n) is 14.0. The maximum absolute atomic E-state index is 13.1. The Morgan fingerprint density at radius 1 is 1.04 bits per heavy atom. The third-order valence-corrected chi connectivity index (χ3v) is 5.25. The molecule has 0 aromatic heterocycles. The molecule has 146 valence electrons. The minimum absolute atomic E-state index is 0.0103. The fourth-order valence-electron chi connectivity index (χ4n) is 2.19. The first kappa shape index (κ1) is 20.7. The molecule has 0 saturated carbocycles. The van der Waals surface area contributed by atoms with Crippen LogP contribution >= 0.6 is 0 Å². The zero-order chi connectivity index (χ0) is 20.2. The molecule has 27 heavy (non-hydrogen) atoms. The number of benzene rings is 2. The summed E-state index contributed by atoms with van der Waals surface area (Å²) < 4.78 is 82.3. The number of halogens is 4. The van der Waals surface area contributed by atoms with Crippen molar-refractivity contribution in [2.24, 2.45) is 0 Å². The second-order valence-corrected chi connectivity index (χ2v) is 7.18. The van der Waals surface area contributed by atoms with E-state index in [1.807, 2.05) is 0 Å². The van der Waals surface area contributed by atoms with Crippen LogP contribution in [-0.4, -0.2) is 27.5 Å². The Morgan fingerprint density at radius 2 is 1.59 bits per heavy atom. The van der Waals surface area contributed by atoms with Crippen LogP contribution in [0.2, 0.25) is 0 Å². The van der Waals surface area contributed by atoms with Crippen molar-refractivity contribution < 1.29 is 35.5 Å². The van der Waals surface area contributed by atoms with Gasteiger partial charge in [-0.25, -0.2) is 12.8 Å². The molecule has 0 atom stereocenters. The molecule has 0 spiro atoms. The van der Waals surface area contributed by atoms with Crippen LogP contribution in [0.4, 0.5) is 23.2 Å². The number of alkyl halides is 3. The number of nitrogens with zero attached hydrogens (tertiary/aromatic N) is 1. The minimum Gasteiger partial charge on any atom is -0.465 e. The molecule has 0 bridgehead atoms. The summed E-state index contributed by atoms with van der Waals surface area (Å²) >= 11 is 0. The van der Waals surface area contributed by atoms with Gasteiger partial charge in [-0.1, -0.05) is 0 Å². The van der Waals surface area contributed by atoms with Crippen molar-refractivity contribution in [3.8, 4) is 0 Å². The van der Waals surface area contributed by atoms with Crippen molar-refractivity contribution in [3.63, 3.8) is 0 Å². The minimum atomic E-state index is -4.62. The average Bonchev–Trinajstić information content (AvgIpc) is 2.60. The first-order valence-electron chi connectivity index (χ1n) is 7.67. The first-order valence-corrected chi connectivity index (χ1v) is 9.11. The number of carbonyl (C=O) groups excluding carboxylic acids is 1. The molecule has 2 aromatic rings. The van der Waals surface area contributed by atoms with Crippen molar-refractivity contribution >= 4 is 21.7 Å². The van der Waals surface area contributed by atoms with E-state index in [0.29, 0.717) is 16.4 Å². The van der Waals surface area contributed by atoms with E-state index in [0.717, 1.165) is 36.4 Å². The SMILES string of the molecule is CCOC(=O)CN(c1ccc(F)cc1)S(=O)(=O)c1ccc(C(F)(F)F)cc1. The van der Waals surface area contributed by atoms with Crippen LogP contribution in [0.15, 0.2) is 53.4 Å². The predicted octanol–water partition coefficient (Wildman–Crippen LogP) is 3.60. The predicted molar refractivity (Wildman–Crippen MR) is 89.0 cm³/mol. The molecule has 2 aromatic carbocycles. The van der Waals surface area contributed by atoms with Crippen molar-refractivity contribution in [1.82, 2.24) is 0 Å². The molecule has 0 aliphatic rings. The monoisotopic (exact) mass is 405 g/mol. The number of anilines is 1. The highest BCUT2D eigenvalue weighted by Crippen LogP contribution is 2.31. The van der Waals surface area contributed by atoms with Gasteiger partial charge in [-0.15, -0.1) is 0 Å². The Labute approximate surface area is 153 Å². The summed E-state index contributed by atoms with van der Waals surface area (Å²) in [5, 5.41) is 0. The van der Waals surface area contributed by atoms with Crippen LogP contribution in [0.25, 0.3) is 0 Å². The summed E-state index contributed by atoms with van der Waals surface area (Å²) in [4.78, 5) is 11.4. The Balaban J connectivity index is 2.46. The topological polar surface area (TPSA) is 63.7 Å². The molecule has 0 saturated heterocycles. The summed E-state index contributed by atoms with van der Waals surface area (Å²) in [5.74, 6) is -1.49. The van der Waals surface area contributed by atoms with Gasteiger partial charge < -0.3 is 4.74 Å². The molecule has 2 rings (SSSR count). The molecule has 10 heteroatoms. The van der Waals surface area contributed by atoms with Crippen LogP contribution in [0, 0.1) is 5.82 Å². The van der Waals surface area contributed by atoms with Gasteiger partial charge in [0.15, 0.2) is 0 Å². The van der Waals surface area contributed by atoms with Crippen LogP contribution < -0.4 is 4.31 Å². The molecule has 0 heterocycles. The van der Waals surface area contributed by atoms with Gasteiger partial charge >= 0.3 is 12.1 Å². The van der Waals surface area contributed by atoms with Crippen LogP contribution in [-0.2, 0) is 25.7 Å². The van der Waals surface area contributed by atoms with Gasteiger partial charge in [0.2, 0.25) is 0 Å². The number of rotatable bonds is 6. The molecule has 0 fully saturated rings. The van der Waals surface area contributed by atoms with Gasteiger partial charge in [0.25, 0.3) is 10.0 Å². The lowest BCUT2D eigenvalue weighted by Gasteiger charge is -2.23. The summed E-state index contributed by atoms with van der Waals surface area (Å²) in [6, 6.07) is 7.09. The molecule has 0 unspecified atom stereocenters. The van der Waals surface area contributed by atoms with Crippen LogP contribution in [0.3, 0.4) is 0 Å². The number of hydrogen-bond acceptors (Lipinski definition) is 4. The Morgan fingerprint density at radius 3 is 2.07 bits per heavy atom. The van der Waals surface area contributed by atoms with Gasteiger partial charge in [-0.3, -0.25) is 9.10 Å². The fraction of sp³-hybridized carbons (Fsp3) is 0.235. The summed E-state index contributed by atoms with van der Waals surface area (Å²) in [5.41, 5.74) is -1.05. The highest BCUT2D eigenvalue weighted by molar-refractivity contribution is 7.92. The Hall–Kier alpha value is -2.62. The van der Waals surface area contributed by atoms with E-state index in [9.17, 15) is 30.8 Å². The van der Waals surface area contributed by atoms with E-state index in [-0.39, 0.29) is 12.3 Å². The van der Waals surface area contributed by atoms with Gasteiger partial charge in [0.1, 0.15) is 12.4 Å². The molecule has 0 N–H and O–H groups in total. The van der Waals surface area contributed by atoms with E-state index in [1.54, 1.807) is 0 Å². The van der Waals surface area contributed by atoms with Gasteiger partial charge in [0.05, 0.1) is 22.8 Å². The Bertz CT molecular complexity index is 894. The molecule has 5 nitrogen and oxygen atoms in total. The lowest BCUT2D eigenvalue weighted by atomic mass is 10.2. The molecule has 0 aliphatic heterocycles. The molecule has 0 aliphatic carbocycles. The smallest absolute Gasteiger partial charge is 0.416 e. The van der Waals surface area contributed by atoms with E-state index >= 15 is 0 Å². The number of ether oxygens (including phenoxy) is 1. The fourth-order valence-corrected chi connectivity index (χ4v) is 3.60. The largest absolute Gasteiger partial charge is 0.465 e. The molecular formula is C17H15F4NO4S. The third-order valence-electron chi connectivity index (χ3n) is 3.46. The third kappa shape index (κ3) is 4.97. The highest BCUT2D eigenvalue weighted by atomic mass is 32.2. The van der Waals surface area contributed by atoms with E-state index in [1.165, 1.54) is 6.92 Å². The van der Waals surface area contributed by atoms with E-state index in [4.69, 9.17) is 4.74 Å². The number of esters is 1. The second-order valence-electron chi connectivity index (χ2n) is 5.32. The highest BCUT2D eigenvalue weighted by Gasteiger charge is 2.32. The van der Waals surface area contributed by atoms with Crippen molar-refractivity contribution in [3.05, 3.63) is 59.9 Å². The van der Waals surface area contributed by atoms with Gasteiger partial charge in [0, 0.05) is 0 Å². The normalized spacial score (nSPS) is 11.9. The zero-order valence-corrected chi connectivity index (χ0v) is 14.8. The van der Waals surface area contributed by atoms with E-state index in [2.05, 4.69) is 0 Å². The van der Waals surface area contributed by atoms with Gasteiger partial charge in [-0.2, -0.15) is 13.2 Å². The molecule has 0 amide bonds. The van der Waals surface area contributed by atoms with E-state index < -0.39 is 45.0 Å². The van der Waals surface area contributed by atoms with Crippen molar-refractivity contribution in [2.45, 2.75) is 18.0 Å². The summed E-state index contributed by atoms with van der Waals surface area (Å²) in [7, 11) is -4.40. The average molecular weight is 405 g/mol. The first-order chi connectivity index (χ1) is 12.6. The number of carbonyl (C=O) groups is 1. The quantitative estimate of drug-likeness (QED) is 0.544. The molecule has 0 radical (unpaired) electrons.